The van der Waals surface area contributed by atoms with Crippen LogP contribution in [0.15, 0.2) is 72.8 Å². The Morgan fingerprint density at radius 1 is 0.912 bits per heavy atom. The maximum absolute atomic E-state index is 12.9. The van der Waals surface area contributed by atoms with Gasteiger partial charge >= 0.3 is 0 Å². The zero-order valence-electron chi connectivity index (χ0n) is 19.7. The van der Waals surface area contributed by atoms with Gasteiger partial charge in [-0.15, -0.1) is 0 Å². The largest absolute Gasteiger partial charge is 0.349 e. The summed E-state index contributed by atoms with van der Waals surface area (Å²) < 4.78 is 0. The van der Waals surface area contributed by atoms with E-state index in [9.17, 15) is 14.4 Å². The van der Waals surface area contributed by atoms with Crippen molar-refractivity contribution in [2.75, 3.05) is 10.2 Å². The summed E-state index contributed by atoms with van der Waals surface area (Å²) in [7, 11) is 0. The smallest absolute Gasteiger partial charge is 0.224 e. The van der Waals surface area contributed by atoms with E-state index in [4.69, 9.17) is 0 Å². The summed E-state index contributed by atoms with van der Waals surface area (Å²) in [5.74, 6) is -0.207. The van der Waals surface area contributed by atoms with Crippen LogP contribution >= 0.6 is 0 Å². The molecule has 0 fully saturated rings. The van der Waals surface area contributed by atoms with Crippen LogP contribution in [0, 0.1) is 0 Å². The third-order valence-corrected chi connectivity index (χ3v) is 6.08. The highest BCUT2D eigenvalue weighted by atomic mass is 16.2. The maximum atomic E-state index is 12.9. The van der Waals surface area contributed by atoms with Gasteiger partial charge in [0, 0.05) is 31.3 Å². The van der Waals surface area contributed by atoms with Crippen molar-refractivity contribution < 1.29 is 14.4 Å². The summed E-state index contributed by atoms with van der Waals surface area (Å²) in [6.45, 7) is 5.05. The zero-order chi connectivity index (χ0) is 24.2. The Morgan fingerprint density at radius 2 is 1.65 bits per heavy atom. The molecule has 6 nitrogen and oxygen atoms in total. The van der Waals surface area contributed by atoms with Crippen molar-refractivity contribution in [2.24, 2.45) is 0 Å². The number of benzene rings is 3. The van der Waals surface area contributed by atoms with Crippen molar-refractivity contribution in [2.45, 2.75) is 45.7 Å². The van der Waals surface area contributed by atoms with Crippen LogP contribution in [0.25, 0.3) is 11.1 Å². The fraction of sp³-hybridized carbons (Fsp3) is 0.250. The predicted molar refractivity (Wildman–Crippen MR) is 134 cm³/mol. The van der Waals surface area contributed by atoms with Crippen molar-refractivity contribution in [3.05, 3.63) is 83.9 Å². The van der Waals surface area contributed by atoms with E-state index < -0.39 is 0 Å². The fourth-order valence-corrected chi connectivity index (χ4v) is 4.67. The Balaban J connectivity index is 1.68. The van der Waals surface area contributed by atoms with E-state index in [-0.39, 0.29) is 29.8 Å². The van der Waals surface area contributed by atoms with Gasteiger partial charge in [-0.25, -0.2) is 0 Å². The SMILES string of the molecule is CC(=O)Nc1cccc(-c2ccc3c(c2)[C@H](NC(=O)Cc2ccccc2)C[C@H](C)N3C(C)=O)c1. The lowest BCUT2D eigenvalue weighted by Gasteiger charge is -2.39. The van der Waals surface area contributed by atoms with E-state index in [1.54, 1.807) is 11.8 Å². The van der Waals surface area contributed by atoms with Crippen LogP contribution < -0.4 is 15.5 Å². The van der Waals surface area contributed by atoms with Crippen LogP contribution in [-0.2, 0) is 20.8 Å². The standard InChI is InChI=1S/C28H29N3O3/c1-18-14-26(30-28(34)15-21-8-5-4-6-9-21)25-17-23(12-13-27(25)31(18)20(3)33)22-10-7-11-24(16-22)29-19(2)32/h4-13,16-18,26H,14-15H2,1-3H3,(H,29,32)(H,30,34)/t18-,26+/m0/s1. The van der Waals surface area contributed by atoms with Crippen molar-refractivity contribution >= 4 is 29.1 Å². The molecule has 6 heteroatoms. The minimum absolute atomic E-state index is 0.0248. The first-order valence-corrected chi connectivity index (χ1v) is 11.5. The summed E-state index contributed by atoms with van der Waals surface area (Å²) in [6, 6.07) is 23.0. The summed E-state index contributed by atoms with van der Waals surface area (Å²) in [6.07, 6.45) is 0.929. The van der Waals surface area contributed by atoms with Gasteiger partial charge in [-0.3, -0.25) is 14.4 Å². The van der Waals surface area contributed by atoms with Crippen LogP contribution in [0.2, 0.25) is 0 Å². The molecule has 2 atom stereocenters. The number of anilines is 2. The molecular weight excluding hydrogens is 426 g/mol. The normalized spacial score (nSPS) is 17.0. The van der Waals surface area contributed by atoms with Crippen molar-refractivity contribution in [1.29, 1.82) is 0 Å². The Bertz CT molecular complexity index is 1220. The third kappa shape index (κ3) is 5.17. The van der Waals surface area contributed by atoms with Gasteiger partial charge in [-0.05, 0) is 59.9 Å². The van der Waals surface area contributed by atoms with Crippen LogP contribution in [0.1, 0.15) is 44.4 Å². The van der Waals surface area contributed by atoms with Gasteiger partial charge in [0.1, 0.15) is 0 Å². The second-order valence-electron chi connectivity index (χ2n) is 8.79. The average Bonchev–Trinajstić information content (AvgIpc) is 2.79. The summed E-state index contributed by atoms with van der Waals surface area (Å²) >= 11 is 0. The number of nitrogens with one attached hydrogen (secondary N) is 2. The molecule has 1 aliphatic heterocycles. The van der Waals surface area contributed by atoms with Gasteiger partial charge < -0.3 is 15.5 Å². The molecule has 0 saturated heterocycles. The van der Waals surface area contributed by atoms with Crippen molar-refractivity contribution in [1.82, 2.24) is 5.32 Å². The van der Waals surface area contributed by atoms with Crippen LogP contribution in [-0.4, -0.2) is 23.8 Å². The lowest BCUT2D eigenvalue weighted by Crippen LogP contribution is -2.45. The highest BCUT2D eigenvalue weighted by Gasteiger charge is 2.33. The molecular formula is C28H29N3O3. The Kier molecular flexibility index (Phi) is 6.77. The first-order chi connectivity index (χ1) is 16.3. The Labute approximate surface area is 200 Å². The second-order valence-corrected chi connectivity index (χ2v) is 8.79. The highest BCUT2D eigenvalue weighted by Crippen LogP contribution is 2.40. The molecule has 0 aromatic heterocycles. The fourth-order valence-electron chi connectivity index (χ4n) is 4.67. The third-order valence-electron chi connectivity index (χ3n) is 6.08. The molecule has 34 heavy (non-hydrogen) atoms. The number of amides is 3. The van der Waals surface area contributed by atoms with Gasteiger partial charge in [0.2, 0.25) is 17.7 Å². The quantitative estimate of drug-likeness (QED) is 0.577. The number of hydrogen-bond acceptors (Lipinski definition) is 3. The number of hydrogen-bond donors (Lipinski definition) is 2. The number of nitrogens with zero attached hydrogens (tertiary/aromatic N) is 1. The molecule has 0 unspecified atom stereocenters. The molecule has 0 spiro atoms. The molecule has 1 aliphatic rings. The monoisotopic (exact) mass is 455 g/mol. The molecule has 3 aromatic rings. The maximum Gasteiger partial charge on any atom is 0.224 e. The lowest BCUT2D eigenvalue weighted by atomic mass is 9.88. The molecule has 0 bridgehead atoms. The van der Waals surface area contributed by atoms with Crippen LogP contribution in [0.3, 0.4) is 0 Å². The number of fused-ring (bicyclic) bond motifs is 1. The van der Waals surface area contributed by atoms with E-state index in [1.165, 1.54) is 6.92 Å². The summed E-state index contributed by atoms with van der Waals surface area (Å²) in [4.78, 5) is 38.6. The van der Waals surface area contributed by atoms with E-state index >= 15 is 0 Å². The molecule has 0 radical (unpaired) electrons. The number of carbonyl (C=O) groups excluding carboxylic acids is 3. The van der Waals surface area contributed by atoms with E-state index in [1.807, 2.05) is 79.7 Å². The van der Waals surface area contributed by atoms with E-state index in [2.05, 4.69) is 10.6 Å². The topological polar surface area (TPSA) is 78.5 Å². The molecule has 174 valence electrons. The average molecular weight is 456 g/mol. The summed E-state index contributed by atoms with van der Waals surface area (Å²) in [5.41, 5.74) is 5.30. The van der Waals surface area contributed by atoms with Gasteiger partial charge in [0.25, 0.3) is 0 Å². The first kappa shape index (κ1) is 23.2. The molecule has 3 amide bonds. The summed E-state index contributed by atoms with van der Waals surface area (Å²) in [5, 5.41) is 6.01. The van der Waals surface area contributed by atoms with Crippen molar-refractivity contribution in [3.8, 4) is 11.1 Å². The highest BCUT2D eigenvalue weighted by molar-refractivity contribution is 5.95. The second kappa shape index (κ2) is 9.91. The van der Waals surface area contributed by atoms with Gasteiger partial charge in [0.05, 0.1) is 12.5 Å². The Hall–Kier alpha value is -3.93. The van der Waals surface area contributed by atoms with Crippen molar-refractivity contribution in [3.63, 3.8) is 0 Å². The molecule has 0 saturated carbocycles. The molecule has 2 N–H and O–H groups in total. The Morgan fingerprint density at radius 3 is 2.35 bits per heavy atom. The van der Waals surface area contributed by atoms with E-state index in [0.717, 1.165) is 33.6 Å². The minimum atomic E-state index is -0.213. The number of rotatable bonds is 5. The van der Waals surface area contributed by atoms with Gasteiger partial charge in [-0.2, -0.15) is 0 Å². The molecule has 4 rings (SSSR count). The minimum Gasteiger partial charge on any atom is -0.349 e. The lowest BCUT2D eigenvalue weighted by molar-refractivity contribution is -0.121. The molecule has 1 heterocycles. The van der Waals surface area contributed by atoms with Crippen LogP contribution in [0.4, 0.5) is 11.4 Å². The number of carbonyl (C=O) groups is 3. The van der Waals surface area contributed by atoms with Gasteiger partial charge in [-0.1, -0.05) is 48.5 Å². The van der Waals surface area contributed by atoms with Gasteiger partial charge in [0.15, 0.2) is 0 Å². The molecule has 3 aromatic carbocycles. The molecule has 0 aliphatic carbocycles. The predicted octanol–water partition coefficient (Wildman–Crippen LogP) is 4.86. The van der Waals surface area contributed by atoms with E-state index in [0.29, 0.717) is 12.8 Å². The van der Waals surface area contributed by atoms with Crippen LogP contribution in [0.5, 0.6) is 0 Å². The zero-order valence-corrected chi connectivity index (χ0v) is 19.7. The first-order valence-electron chi connectivity index (χ1n) is 11.5.